The molecule has 1 N–H and O–H groups in total. The first-order valence-corrected chi connectivity index (χ1v) is 8.40. The maximum atomic E-state index is 10.5. The van der Waals surface area contributed by atoms with Crippen LogP contribution in [0, 0.1) is 0 Å². The largest absolute Gasteiger partial charge is 0.497 e. The second-order valence-corrected chi connectivity index (χ2v) is 7.15. The number of methoxy groups -OCH3 is 1. The van der Waals surface area contributed by atoms with Gasteiger partial charge in [-0.25, -0.2) is 0 Å². The Morgan fingerprint density at radius 3 is 2.95 bits per heavy atom. The number of benzene rings is 1. The fourth-order valence-electron chi connectivity index (χ4n) is 2.66. The van der Waals surface area contributed by atoms with Crippen molar-refractivity contribution in [1.82, 2.24) is 0 Å². The van der Waals surface area contributed by atoms with Crippen molar-refractivity contribution in [3.8, 4) is 5.75 Å². The summed E-state index contributed by atoms with van der Waals surface area (Å²) >= 11 is 5.31. The third-order valence-corrected chi connectivity index (χ3v) is 5.87. The molecule has 0 aliphatic heterocycles. The fraction of sp³-hybridized carbons (Fsp3) is 0.375. The number of thiophene rings is 1. The molecule has 2 aromatic rings. The van der Waals surface area contributed by atoms with E-state index in [1.165, 1.54) is 29.7 Å². The van der Waals surface area contributed by atoms with Crippen molar-refractivity contribution in [1.29, 1.82) is 0 Å². The molecule has 0 saturated carbocycles. The van der Waals surface area contributed by atoms with Crippen LogP contribution in [0.5, 0.6) is 5.75 Å². The topological polar surface area (TPSA) is 29.5 Å². The molecule has 0 bridgehead atoms. The van der Waals surface area contributed by atoms with Gasteiger partial charge in [0.15, 0.2) is 0 Å². The average Bonchev–Trinajstić information content (AvgIpc) is 3.02. The lowest BCUT2D eigenvalue weighted by Crippen LogP contribution is -2.01. The van der Waals surface area contributed by atoms with Crippen LogP contribution in [-0.2, 0) is 19.3 Å². The third kappa shape index (κ3) is 2.78. The van der Waals surface area contributed by atoms with Crippen molar-refractivity contribution < 1.29 is 9.84 Å². The van der Waals surface area contributed by atoms with E-state index in [4.69, 9.17) is 4.74 Å². The molecule has 4 heteroatoms. The van der Waals surface area contributed by atoms with E-state index < -0.39 is 6.10 Å². The molecule has 1 heterocycles. The number of halogens is 1. The zero-order chi connectivity index (χ0) is 14.1. The molecule has 1 aromatic heterocycles. The molecule has 1 aliphatic rings. The van der Waals surface area contributed by atoms with Gasteiger partial charge in [0.1, 0.15) is 5.75 Å². The summed E-state index contributed by atoms with van der Waals surface area (Å²) in [5.74, 6) is 0.823. The molecule has 0 radical (unpaired) electrons. The van der Waals surface area contributed by atoms with E-state index in [0.717, 1.165) is 20.7 Å². The highest BCUT2D eigenvalue weighted by Crippen LogP contribution is 2.36. The number of rotatable bonds is 4. The van der Waals surface area contributed by atoms with E-state index in [2.05, 4.69) is 22.0 Å². The zero-order valence-electron chi connectivity index (χ0n) is 11.4. The highest BCUT2D eigenvalue weighted by Gasteiger charge is 2.19. The Labute approximate surface area is 131 Å². The predicted octanol–water partition coefficient (Wildman–Crippen LogP) is 4.28. The molecule has 0 spiro atoms. The summed E-state index contributed by atoms with van der Waals surface area (Å²) < 4.78 is 6.26. The lowest BCUT2D eigenvalue weighted by molar-refractivity contribution is 0.182. The molecule has 1 aromatic carbocycles. The van der Waals surface area contributed by atoms with E-state index in [9.17, 15) is 5.11 Å². The number of hydrogen-bond acceptors (Lipinski definition) is 3. The molecule has 0 amide bonds. The van der Waals surface area contributed by atoms with Crippen LogP contribution in [0.15, 0.2) is 28.7 Å². The quantitative estimate of drug-likeness (QED) is 0.889. The van der Waals surface area contributed by atoms with Gasteiger partial charge in [0.25, 0.3) is 0 Å². The monoisotopic (exact) mass is 352 g/mol. The summed E-state index contributed by atoms with van der Waals surface area (Å²) in [5.41, 5.74) is 2.51. The first-order valence-electron chi connectivity index (χ1n) is 6.79. The van der Waals surface area contributed by atoms with Gasteiger partial charge in [-0.2, -0.15) is 0 Å². The molecule has 1 unspecified atom stereocenters. The lowest BCUT2D eigenvalue weighted by Gasteiger charge is -2.12. The van der Waals surface area contributed by atoms with Gasteiger partial charge in [0.05, 0.1) is 13.2 Å². The number of fused-ring (bicyclic) bond motifs is 1. The summed E-state index contributed by atoms with van der Waals surface area (Å²) in [6.45, 7) is 0. The molecular weight excluding hydrogens is 336 g/mol. The molecule has 0 saturated heterocycles. The minimum atomic E-state index is -0.436. The van der Waals surface area contributed by atoms with Crippen molar-refractivity contribution in [2.24, 2.45) is 0 Å². The molecular formula is C16H17BrO2S. The van der Waals surface area contributed by atoms with E-state index in [1.54, 1.807) is 18.4 Å². The second kappa shape index (κ2) is 5.88. The van der Waals surface area contributed by atoms with E-state index in [-0.39, 0.29) is 0 Å². The van der Waals surface area contributed by atoms with Crippen molar-refractivity contribution in [3.05, 3.63) is 49.6 Å². The van der Waals surface area contributed by atoms with Crippen LogP contribution >= 0.6 is 27.3 Å². The van der Waals surface area contributed by atoms with E-state index in [1.807, 2.05) is 18.2 Å². The summed E-state index contributed by atoms with van der Waals surface area (Å²) in [5, 5.41) is 10.5. The Hall–Kier alpha value is -0.840. The van der Waals surface area contributed by atoms with Gasteiger partial charge < -0.3 is 9.84 Å². The van der Waals surface area contributed by atoms with Gasteiger partial charge in [-0.3, -0.25) is 0 Å². The number of aliphatic hydroxyl groups is 1. The minimum Gasteiger partial charge on any atom is -0.497 e. The molecule has 20 heavy (non-hydrogen) atoms. The molecule has 1 atom stereocenters. The van der Waals surface area contributed by atoms with Crippen LogP contribution in [-0.4, -0.2) is 12.2 Å². The average molecular weight is 353 g/mol. The summed E-state index contributed by atoms with van der Waals surface area (Å²) in [7, 11) is 1.66. The summed E-state index contributed by atoms with van der Waals surface area (Å²) in [4.78, 5) is 2.55. The van der Waals surface area contributed by atoms with Gasteiger partial charge in [-0.05, 0) is 54.7 Å². The van der Waals surface area contributed by atoms with Crippen molar-refractivity contribution in [3.63, 3.8) is 0 Å². The van der Waals surface area contributed by atoms with E-state index in [0.29, 0.717) is 6.42 Å². The Kier molecular flexibility index (Phi) is 4.15. The van der Waals surface area contributed by atoms with Crippen LogP contribution in [0.2, 0.25) is 0 Å². The van der Waals surface area contributed by atoms with Gasteiger partial charge >= 0.3 is 0 Å². The van der Waals surface area contributed by atoms with Crippen LogP contribution in [0.1, 0.15) is 33.4 Å². The first kappa shape index (κ1) is 14.1. The molecule has 0 fully saturated rings. The van der Waals surface area contributed by atoms with Crippen LogP contribution in [0.25, 0.3) is 0 Å². The van der Waals surface area contributed by atoms with Crippen molar-refractivity contribution in [2.45, 2.75) is 31.8 Å². The summed E-state index contributed by atoms with van der Waals surface area (Å²) in [6.07, 6.45) is 3.78. The molecule has 2 nitrogen and oxygen atoms in total. The van der Waals surface area contributed by atoms with Crippen molar-refractivity contribution in [2.75, 3.05) is 7.11 Å². The van der Waals surface area contributed by atoms with E-state index >= 15 is 0 Å². The normalized spacial score (nSPS) is 15.2. The lowest BCUT2D eigenvalue weighted by atomic mass is 10.1. The Bertz CT molecular complexity index is 599. The van der Waals surface area contributed by atoms with Crippen LogP contribution in [0.4, 0.5) is 0 Å². The highest BCUT2D eigenvalue weighted by molar-refractivity contribution is 9.10. The first-order chi connectivity index (χ1) is 9.67. The molecule has 3 rings (SSSR count). The number of ether oxygens (including phenoxy) is 1. The van der Waals surface area contributed by atoms with Gasteiger partial charge in [-0.1, -0.05) is 15.9 Å². The van der Waals surface area contributed by atoms with Crippen LogP contribution in [0.3, 0.4) is 0 Å². The van der Waals surface area contributed by atoms with Gasteiger partial charge in [0.2, 0.25) is 0 Å². The Morgan fingerprint density at radius 2 is 2.20 bits per heavy atom. The number of aryl methyl sites for hydroxylation is 2. The Balaban J connectivity index is 1.79. The van der Waals surface area contributed by atoms with Gasteiger partial charge in [0, 0.05) is 20.6 Å². The Morgan fingerprint density at radius 1 is 1.35 bits per heavy atom. The zero-order valence-corrected chi connectivity index (χ0v) is 13.8. The van der Waals surface area contributed by atoms with Crippen LogP contribution < -0.4 is 4.74 Å². The second-order valence-electron chi connectivity index (χ2n) is 5.13. The third-order valence-electron chi connectivity index (χ3n) is 3.76. The van der Waals surface area contributed by atoms with Crippen molar-refractivity contribution >= 4 is 27.3 Å². The standard InChI is InChI=1S/C16H17BrO2S/c1-19-12-5-6-13(17)11(7-12)8-14(18)16-9-10-3-2-4-15(10)20-16/h5-7,9,14,18H,2-4,8H2,1H3. The minimum absolute atomic E-state index is 0.436. The molecule has 1 aliphatic carbocycles. The highest BCUT2D eigenvalue weighted by atomic mass is 79.9. The number of aliphatic hydroxyl groups excluding tert-OH is 1. The SMILES string of the molecule is COc1ccc(Br)c(CC(O)c2cc3c(s2)CCC3)c1. The number of hydrogen-bond donors (Lipinski definition) is 1. The summed E-state index contributed by atoms with van der Waals surface area (Å²) in [6, 6.07) is 8.05. The smallest absolute Gasteiger partial charge is 0.119 e. The van der Waals surface area contributed by atoms with Gasteiger partial charge in [-0.15, -0.1) is 11.3 Å². The maximum absolute atomic E-state index is 10.5. The fourth-order valence-corrected chi connectivity index (χ4v) is 4.31. The predicted molar refractivity (Wildman–Crippen MR) is 85.7 cm³/mol. The molecule has 106 valence electrons. The maximum Gasteiger partial charge on any atom is 0.119 e.